The van der Waals surface area contributed by atoms with Gasteiger partial charge in [-0.1, -0.05) is 37.1 Å². The highest BCUT2D eigenvalue weighted by Gasteiger charge is 2.55. The maximum absolute atomic E-state index is 13.5. The Morgan fingerprint density at radius 1 is 1.14 bits per heavy atom. The fourth-order valence-corrected chi connectivity index (χ4v) is 6.23. The summed E-state index contributed by atoms with van der Waals surface area (Å²) in [6, 6.07) is 8.60. The SMILES string of the molecule is CCCC(NC(=O)c1ccc(C)cc1)C(=O)N1CCC2C1C(=O)CN2S(=O)(=O)C(=O)c1ccccn1. The normalized spacial score (nSPS) is 20.7. The van der Waals surface area contributed by atoms with E-state index in [1.165, 1.54) is 23.2 Å². The van der Waals surface area contributed by atoms with Crippen LogP contribution in [0.25, 0.3) is 0 Å². The summed E-state index contributed by atoms with van der Waals surface area (Å²) in [5.74, 6) is -1.29. The van der Waals surface area contributed by atoms with Gasteiger partial charge in [0.25, 0.3) is 15.9 Å². The zero-order valence-corrected chi connectivity index (χ0v) is 20.9. The predicted octanol–water partition coefficient (Wildman–Crippen LogP) is 1.31. The largest absolute Gasteiger partial charge is 0.340 e. The van der Waals surface area contributed by atoms with Crippen LogP contribution in [0, 0.1) is 6.92 Å². The summed E-state index contributed by atoms with van der Waals surface area (Å²) < 4.78 is 27.1. The van der Waals surface area contributed by atoms with E-state index in [4.69, 9.17) is 0 Å². The molecular weight excluding hydrogens is 484 g/mol. The fourth-order valence-electron chi connectivity index (χ4n) is 4.76. The van der Waals surface area contributed by atoms with E-state index in [9.17, 15) is 27.6 Å². The van der Waals surface area contributed by atoms with Crippen LogP contribution < -0.4 is 5.32 Å². The number of pyridine rings is 1. The van der Waals surface area contributed by atoms with Crippen LogP contribution in [0.4, 0.5) is 0 Å². The van der Waals surface area contributed by atoms with Crippen LogP contribution in [0.5, 0.6) is 0 Å². The summed E-state index contributed by atoms with van der Waals surface area (Å²) in [4.78, 5) is 57.0. The number of aromatic nitrogens is 1. The lowest BCUT2D eigenvalue weighted by molar-refractivity contribution is -0.138. The number of hydrogen-bond donors (Lipinski definition) is 1. The van der Waals surface area contributed by atoms with Crippen molar-refractivity contribution in [1.29, 1.82) is 0 Å². The molecule has 2 fully saturated rings. The molecule has 3 unspecified atom stereocenters. The summed E-state index contributed by atoms with van der Waals surface area (Å²) in [5, 5.41) is 1.59. The number of amides is 2. The number of nitrogens with one attached hydrogen (secondary N) is 1. The van der Waals surface area contributed by atoms with Crippen molar-refractivity contribution in [2.45, 2.75) is 51.2 Å². The highest BCUT2D eigenvalue weighted by atomic mass is 32.2. The molecule has 3 atom stereocenters. The average molecular weight is 513 g/mol. The van der Waals surface area contributed by atoms with Crippen LogP contribution in [0.15, 0.2) is 48.7 Å². The number of Topliss-reactive ketones (excluding diaryl/α,β-unsaturated/α-hetero) is 1. The van der Waals surface area contributed by atoms with Crippen molar-refractivity contribution in [3.8, 4) is 0 Å². The van der Waals surface area contributed by atoms with Gasteiger partial charge in [0.15, 0.2) is 5.78 Å². The number of benzene rings is 1. The number of sulfonamides is 1. The maximum atomic E-state index is 13.5. The summed E-state index contributed by atoms with van der Waals surface area (Å²) >= 11 is 0. The molecule has 2 amide bonds. The molecule has 1 aromatic heterocycles. The number of carbonyl (C=O) groups is 4. The standard InChI is InChI=1S/C25H28N4O6S/c1-3-6-18(27-23(31)17-10-8-16(2)9-11-17)24(32)28-14-12-20-22(28)21(30)15-29(20)36(34,35)25(33)19-7-4-5-13-26-19/h4-5,7-11,13,18,20,22H,3,6,12,14-15H2,1-2H3,(H,27,31). The van der Waals surface area contributed by atoms with E-state index in [2.05, 4.69) is 10.3 Å². The number of likely N-dealkylation sites (tertiary alicyclic amines) is 1. The Bertz CT molecular complexity index is 1280. The molecule has 2 aliphatic heterocycles. The van der Waals surface area contributed by atoms with Gasteiger partial charge in [0.1, 0.15) is 17.8 Å². The number of nitrogens with zero attached hydrogens (tertiary/aromatic N) is 3. The van der Waals surface area contributed by atoms with E-state index in [0.717, 1.165) is 9.87 Å². The third-order valence-corrected chi connectivity index (χ3v) is 8.27. The van der Waals surface area contributed by atoms with Crippen molar-refractivity contribution in [3.05, 3.63) is 65.5 Å². The third-order valence-electron chi connectivity index (χ3n) is 6.57. The molecule has 0 saturated carbocycles. The minimum Gasteiger partial charge on any atom is -0.340 e. The van der Waals surface area contributed by atoms with Gasteiger partial charge in [-0.05, 0) is 44.0 Å². The Hall–Kier alpha value is -3.44. The monoisotopic (exact) mass is 512 g/mol. The van der Waals surface area contributed by atoms with Crippen LogP contribution in [0.1, 0.15) is 52.6 Å². The van der Waals surface area contributed by atoms with Crippen LogP contribution in [-0.4, -0.2) is 76.5 Å². The molecule has 11 heteroatoms. The van der Waals surface area contributed by atoms with Gasteiger partial charge in [0.05, 0.1) is 12.6 Å². The van der Waals surface area contributed by atoms with Gasteiger partial charge >= 0.3 is 5.12 Å². The summed E-state index contributed by atoms with van der Waals surface area (Å²) in [7, 11) is -4.51. The maximum Gasteiger partial charge on any atom is 0.310 e. The summed E-state index contributed by atoms with van der Waals surface area (Å²) in [5.41, 5.74) is 1.17. The third kappa shape index (κ3) is 4.80. The van der Waals surface area contributed by atoms with Crippen LogP contribution in [0.3, 0.4) is 0 Å². The quantitative estimate of drug-likeness (QED) is 0.591. The second kappa shape index (κ2) is 10.3. The van der Waals surface area contributed by atoms with Crippen molar-refractivity contribution in [2.24, 2.45) is 0 Å². The summed E-state index contributed by atoms with van der Waals surface area (Å²) in [6.07, 6.45) is 2.50. The number of aryl methyl sites for hydroxylation is 1. The second-order valence-corrected chi connectivity index (χ2v) is 10.8. The molecule has 2 saturated heterocycles. The van der Waals surface area contributed by atoms with Gasteiger partial charge < -0.3 is 10.2 Å². The molecule has 1 N–H and O–H groups in total. The molecule has 0 bridgehead atoms. The van der Waals surface area contributed by atoms with Crippen molar-refractivity contribution in [1.82, 2.24) is 19.5 Å². The highest BCUT2D eigenvalue weighted by Crippen LogP contribution is 2.33. The second-order valence-electron chi connectivity index (χ2n) is 9.03. The zero-order valence-electron chi connectivity index (χ0n) is 20.1. The Morgan fingerprint density at radius 3 is 2.50 bits per heavy atom. The lowest BCUT2D eigenvalue weighted by Gasteiger charge is -2.28. The first-order valence-corrected chi connectivity index (χ1v) is 13.3. The van der Waals surface area contributed by atoms with E-state index in [1.807, 2.05) is 13.8 Å². The van der Waals surface area contributed by atoms with Crippen molar-refractivity contribution < 1.29 is 27.6 Å². The Labute approximate surface area is 209 Å². The topological polar surface area (TPSA) is 134 Å². The summed E-state index contributed by atoms with van der Waals surface area (Å²) in [6.45, 7) is 3.43. The molecule has 3 heterocycles. The molecule has 10 nitrogen and oxygen atoms in total. The van der Waals surface area contributed by atoms with Crippen molar-refractivity contribution in [2.75, 3.05) is 13.1 Å². The molecule has 2 aliphatic rings. The molecule has 2 aromatic rings. The number of hydrogen-bond acceptors (Lipinski definition) is 7. The Balaban J connectivity index is 1.52. The van der Waals surface area contributed by atoms with Crippen LogP contribution in [-0.2, 0) is 19.6 Å². The van der Waals surface area contributed by atoms with Crippen LogP contribution in [0.2, 0.25) is 0 Å². The molecule has 190 valence electrons. The van der Waals surface area contributed by atoms with E-state index in [-0.39, 0.29) is 18.7 Å². The van der Waals surface area contributed by atoms with Gasteiger partial charge in [0.2, 0.25) is 5.91 Å². The van der Waals surface area contributed by atoms with Gasteiger partial charge in [-0.15, -0.1) is 0 Å². The zero-order chi connectivity index (χ0) is 26.0. The van der Waals surface area contributed by atoms with E-state index < -0.39 is 57.4 Å². The molecular formula is C25H28N4O6S. The van der Waals surface area contributed by atoms with Gasteiger partial charge in [-0.3, -0.25) is 24.2 Å². The number of ketones is 1. The lowest BCUT2D eigenvalue weighted by atomic mass is 10.1. The minimum absolute atomic E-state index is 0.143. The molecule has 1 aromatic carbocycles. The molecule has 0 aliphatic carbocycles. The average Bonchev–Trinajstić information content (AvgIpc) is 3.45. The Kier molecular flexibility index (Phi) is 7.32. The molecule has 0 spiro atoms. The Morgan fingerprint density at radius 2 is 1.86 bits per heavy atom. The molecule has 0 radical (unpaired) electrons. The minimum atomic E-state index is -4.51. The first-order valence-electron chi connectivity index (χ1n) is 11.8. The van der Waals surface area contributed by atoms with E-state index in [1.54, 1.807) is 30.3 Å². The van der Waals surface area contributed by atoms with Crippen LogP contribution >= 0.6 is 0 Å². The lowest BCUT2D eigenvalue weighted by Crippen LogP contribution is -2.52. The van der Waals surface area contributed by atoms with Gasteiger partial charge in [-0.2, -0.15) is 4.31 Å². The van der Waals surface area contributed by atoms with Crippen molar-refractivity contribution >= 4 is 32.7 Å². The highest BCUT2D eigenvalue weighted by molar-refractivity contribution is 8.04. The molecule has 36 heavy (non-hydrogen) atoms. The number of carbonyl (C=O) groups excluding carboxylic acids is 4. The first kappa shape index (κ1) is 25.6. The van der Waals surface area contributed by atoms with E-state index in [0.29, 0.717) is 18.4 Å². The van der Waals surface area contributed by atoms with Gasteiger partial charge in [0, 0.05) is 18.3 Å². The first-order chi connectivity index (χ1) is 17.1. The number of rotatable bonds is 7. The van der Waals surface area contributed by atoms with Crippen molar-refractivity contribution in [3.63, 3.8) is 0 Å². The van der Waals surface area contributed by atoms with E-state index >= 15 is 0 Å². The molecule has 4 rings (SSSR count). The predicted molar refractivity (Wildman–Crippen MR) is 130 cm³/mol. The fraction of sp³-hybridized carbons (Fsp3) is 0.400. The number of fused-ring (bicyclic) bond motifs is 1. The van der Waals surface area contributed by atoms with Gasteiger partial charge in [-0.25, -0.2) is 8.42 Å². The smallest absolute Gasteiger partial charge is 0.310 e.